The van der Waals surface area contributed by atoms with Crippen molar-refractivity contribution in [2.24, 2.45) is 5.41 Å². The van der Waals surface area contributed by atoms with E-state index in [1.807, 2.05) is 34.6 Å². The van der Waals surface area contributed by atoms with E-state index in [-0.39, 0.29) is 23.8 Å². The molecule has 22 heavy (non-hydrogen) atoms. The monoisotopic (exact) mass is 306 g/mol. The quantitative estimate of drug-likeness (QED) is 0.810. The molecule has 3 rings (SSSR count). The van der Waals surface area contributed by atoms with Gasteiger partial charge in [-0.05, 0) is 65.9 Å². The van der Waals surface area contributed by atoms with Gasteiger partial charge in [0.1, 0.15) is 0 Å². The Kier molecular flexibility index (Phi) is 3.44. The Balaban J connectivity index is 2.15. The molecule has 0 fully saturated rings. The standard InChI is InChI=1S/C18H26O4/c1-10(2)21-14-15(19)17(5)9-12-7-6-8-13(12)18(17,20)16(14)22-11(3)4/h10-11,20H,6-9H2,1-5H3/t17-,18-/m0/s1. The molecule has 3 aliphatic rings. The highest BCUT2D eigenvalue weighted by atomic mass is 16.5. The van der Waals surface area contributed by atoms with Crippen LogP contribution in [0.4, 0.5) is 0 Å². The van der Waals surface area contributed by atoms with Gasteiger partial charge in [0.05, 0.1) is 17.6 Å². The fourth-order valence-electron chi connectivity index (χ4n) is 4.19. The van der Waals surface area contributed by atoms with Gasteiger partial charge < -0.3 is 14.6 Å². The van der Waals surface area contributed by atoms with Gasteiger partial charge in [0, 0.05) is 0 Å². The Bertz CT molecular complexity index is 584. The highest BCUT2D eigenvalue weighted by Crippen LogP contribution is 2.63. The van der Waals surface area contributed by atoms with E-state index in [9.17, 15) is 9.90 Å². The zero-order valence-electron chi connectivity index (χ0n) is 14.2. The van der Waals surface area contributed by atoms with Gasteiger partial charge in [-0.2, -0.15) is 0 Å². The van der Waals surface area contributed by atoms with Crippen LogP contribution in [0.15, 0.2) is 22.7 Å². The highest BCUT2D eigenvalue weighted by Gasteiger charge is 2.69. The molecule has 0 saturated heterocycles. The zero-order chi connectivity index (χ0) is 16.3. The van der Waals surface area contributed by atoms with Crippen molar-refractivity contribution in [2.45, 2.75) is 78.1 Å². The van der Waals surface area contributed by atoms with Crippen molar-refractivity contribution >= 4 is 5.78 Å². The minimum Gasteiger partial charge on any atom is -0.488 e. The largest absolute Gasteiger partial charge is 0.488 e. The van der Waals surface area contributed by atoms with Crippen molar-refractivity contribution in [3.8, 4) is 0 Å². The second kappa shape index (κ2) is 4.85. The lowest BCUT2D eigenvalue weighted by Crippen LogP contribution is -2.46. The van der Waals surface area contributed by atoms with Gasteiger partial charge in [-0.3, -0.25) is 4.79 Å². The van der Waals surface area contributed by atoms with Crippen molar-refractivity contribution in [1.82, 2.24) is 0 Å². The van der Waals surface area contributed by atoms with E-state index in [0.29, 0.717) is 12.2 Å². The molecule has 0 aliphatic heterocycles. The lowest BCUT2D eigenvalue weighted by Gasteiger charge is -2.36. The number of ketones is 1. The molecule has 0 radical (unpaired) electrons. The molecule has 2 atom stereocenters. The van der Waals surface area contributed by atoms with Crippen molar-refractivity contribution < 1.29 is 19.4 Å². The van der Waals surface area contributed by atoms with Gasteiger partial charge in [0.25, 0.3) is 0 Å². The maximum Gasteiger partial charge on any atom is 0.210 e. The summed E-state index contributed by atoms with van der Waals surface area (Å²) in [6, 6.07) is 0. The zero-order valence-corrected chi connectivity index (χ0v) is 14.2. The average molecular weight is 306 g/mol. The van der Waals surface area contributed by atoms with Crippen LogP contribution in [0, 0.1) is 5.41 Å². The summed E-state index contributed by atoms with van der Waals surface area (Å²) in [4.78, 5) is 13.0. The summed E-state index contributed by atoms with van der Waals surface area (Å²) >= 11 is 0. The van der Waals surface area contributed by atoms with Crippen LogP contribution in [0.3, 0.4) is 0 Å². The van der Waals surface area contributed by atoms with E-state index >= 15 is 0 Å². The molecule has 122 valence electrons. The van der Waals surface area contributed by atoms with Crippen molar-refractivity contribution in [3.63, 3.8) is 0 Å². The summed E-state index contributed by atoms with van der Waals surface area (Å²) in [6.45, 7) is 9.43. The van der Waals surface area contributed by atoms with Crippen LogP contribution in [0.25, 0.3) is 0 Å². The summed E-state index contributed by atoms with van der Waals surface area (Å²) in [5, 5.41) is 11.6. The number of carbonyl (C=O) groups is 1. The molecule has 0 unspecified atom stereocenters. The molecule has 0 aromatic rings. The lowest BCUT2D eigenvalue weighted by atomic mass is 9.72. The van der Waals surface area contributed by atoms with Crippen molar-refractivity contribution in [3.05, 3.63) is 22.7 Å². The average Bonchev–Trinajstić information content (AvgIpc) is 2.98. The van der Waals surface area contributed by atoms with E-state index in [4.69, 9.17) is 9.47 Å². The Labute approximate surface area is 132 Å². The van der Waals surface area contributed by atoms with E-state index in [2.05, 4.69) is 0 Å². The molecule has 4 heteroatoms. The Morgan fingerprint density at radius 2 is 1.73 bits per heavy atom. The SMILES string of the molecule is CC(C)OC1=C(OC(C)C)[C@@]2(O)C3=C(CCC3)C[C@@]2(C)C1=O. The van der Waals surface area contributed by atoms with Crippen LogP contribution in [0.1, 0.15) is 60.3 Å². The predicted molar refractivity (Wildman–Crippen MR) is 83.0 cm³/mol. The number of hydrogen-bond donors (Lipinski definition) is 1. The topological polar surface area (TPSA) is 55.8 Å². The minimum atomic E-state index is -1.32. The minimum absolute atomic E-state index is 0.117. The molecular weight excluding hydrogens is 280 g/mol. The number of Topliss-reactive ketones (excluding diaryl/α,β-unsaturated/α-hetero) is 1. The Morgan fingerprint density at radius 3 is 2.32 bits per heavy atom. The normalized spacial score (nSPS) is 34.1. The molecule has 3 aliphatic carbocycles. The van der Waals surface area contributed by atoms with Crippen LogP contribution in [0.5, 0.6) is 0 Å². The molecule has 4 nitrogen and oxygen atoms in total. The number of carbonyl (C=O) groups excluding carboxylic acids is 1. The molecule has 0 heterocycles. The first kappa shape index (κ1) is 15.6. The number of aliphatic hydroxyl groups is 1. The molecule has 0 aromatic heterocycles. The van der Waals surface area contributed by atoms with Crippen LogP contribution < -0.4 is 0 Å². The van der Waals surface area contributed by atoms with Crippen LogP contribution in [-0.2, 0) is 14.3 Å². The van der Waals surface area contributed by atoms with E-state index in [1.165, 1.54) is 5.57 Å². The first-order valence-electron chi connectivity index (χ1n) is 8.28. The van der Waals surface area contributed by atoms with Crippen molar-refractivity contribution in [1.29, 1.82) is 0 Å². The molecule has 0 amide bonds. The van der Waals surface area contributed by atoms with E-state index in [1.54, 1.807) is 0 Å². The first-order chi connectivity index (χ1) is 10.2. The fourth-order valence-corrected chi connectivity index (χ4v) is 4.19. The molecular formula is C18H26O4. The highest BCUT2D eigenvalue weighted by molar-refractivity contribution is 6.05. The molecule has 0 bridgehead atoms. The molecule has 0 saturated carbocycles. The predicted octanol–water partition coefficient (Wildman–Crippen LogP) is 3.25. The number of rotatable bonds is 4. The maximum absolute atomic E-state index is 13.0. The van der Waals surface area contributed by atoms with Crippen LogP contribution in [-0.4, -0.2) is 28.7 Å². The lowest BCUT2D eigenvalue weighted by molar-refractivity contribution is -0.133. The summed E-state index contributed by atoms with van der Waals surface area (Å²) in [5.74, 6) is 0.455. The van der Waals surface area contributed by atoms with E-state index in [0.717, 1.165) is 24.8 Å². The molecule has 0 spiro atoms. The number of hydrogen-bond acceptors (Lipinski definition) is 4. The summed E-state index contributed by atoms with van der Waals surface area (Å²) in [7, 11) is 0. The Morgan fingerprint density at radius 1 is 1.09 bits per heavy atom. The third-order valence-corrected chi connectivity index (χ3v) is 5.08. The van der Waals surface area contributed by atoms with Gasteiger partial charge in [-0.25, -0.2) is 0 Å². The van der Waals surface area contributed by atoms with Crippen molar-refractivity contribution in [2.75, 3.05) is 0 Å². The first-order valence-corrected chi connectivity index (χ1v) is 8.28. The van der Waals surface area contributed by atoms with Gasteiger partial charge >= 0.3 is 0 Å². The van der Waals surface area contributed by atoms with Crippen LogP contribution >= 0.6 is 0 Å². The van der Waals surface area contributed by atoms with Gasteiger partial charge in [-0.1, -0.05) is 5.57 Å². The molecule has 1 N–H and O–H groups in total. The fraction of sp³-hybridized carbons (Fsp3) is 0.722. The second-order valence-electron chi connectivity index (χ2n) is 7.48. The molecule has 0 aromatic carbocycles. The maximum atomic E-state index is 13.0. The third kappa shape index (κ3) is 1.82. The summed E-state index contributed by atoms with van der Waals surface area (Å²) < 4.78 is 11.7. The third-order valence-electron chi connectivity index (χ3n) is 5.08. The van der Waals surface area contributed by atoms with E-state index < -0.39 is 11.0 Å². The number of ether oxygens (including phenoxy) is 2. The van der Waals surface area contributed by atoms with Crippen LogP contribution in [0.2, 0.25) is 0 Å². The van der Waals surface area contributed by atoms with Gasteiger partial charge in [0.15, 0.2) is 11.4 Å². The van der Waals surface area contributed by atoms with Gasteiger partial charge in [0.2, 0.25) is 11.5 Å². The number of allylic oxidation sites excluding steroid dienone is 2. The number of fused-ring (bicyclic) bond motifs is 2. The smallest absolute Gasteiger partial charge is 0.210 e. The Hall–Kier alpha value is -1.29. The summed E-state index contributed by atoms with van der Waals surface area (Å²) in [6.07, 6.45) is 3.24. The summed E-state index contributed by atoms with van der Waals surface area (Å²) in [5.41, 5.74) is 0.0601. The second-order valence-corrected chi connectivity index (χ2v) is 7.48. The van der Waals surface area contributed by atoms with Gasteiger partial charge in [-0.15, -0.1) is 0 Å².